The van der Waals surface area contributed by atoms with Crippen molar-refractivity contribution < 1.29 is 75.0 Å². The van der Waals surface area contributed by atoms with Crippen LogP contribution in [-0.2, 0) is 18.9 Å². The van der Waals surface area contributed by atoms with Gasteiger partial charge in [0.2, 0.25) is 35.5 Å². The fraction of sp³-hybridized carbons (Fsp3) is 0.295. The molecule has 11 N–H and O–H groups in total. The van der Waals surface area contributed by atoms with E-state index in [0.29, 0.717) is 161 Å². The van der Waals surface area contributed by atoms with Gasteiger partial charge in [-0.25, -0.2) is 13.8 Å². The van der Waals surface area contributed by atoms with Gasteiger partial charge in [0.15, 0.2) is 11.5 Å². The van der Waals surface area contributed by atoms with E-state index in [1.165, 1.54) is 7.11 Å². The van der Waals surface area contributed by atoms with Crippen LogP contribution in [0.4, 0.5) is 43.7 Å². The van der Waals surface area contributed by atoms with Crippen LogP contribution in [0, 0.1) is 6.92 Å². The highest BCUT2D eigenvalue weighted by molar-refractivity contribution is 6.02. The molecule has 0 spiro atoms. The zero-order chi connectivity index (χ0) is 84.3. The molecule has 7 aromatic heterocycles. The maximum Gasteiger partial charge on any atom is 0.255 e. The summed E-state index contributed by atoms with van der Waals surface area (Å²) in [6.45, 7) is 14.1. The molecule has 6 aliphatic rings. The second kappa shape index (κ2) is 34.8. The molecule has 1 atom stereocenters. The Morgan fingerprint density at radius 3 is 1.17 bits per heavy atom. The number of benzene rings is 6. The second-order valence-electron chi connectivity index (χ2n) is 30.0. The number of aromatic amines is 3. The van der Waals surface area contributed by atoms with Crippen LogP contribution in [0.3, 0.4) is 0 Å². The van der Waals surface area contributed by atoms with Crippen LogP contribution < -0.4 is 71.0 Å². The zero-order valence-corrected chi connectivity index (χ0v) is 67.5. The van der Waals surface area contributed by atoms with E-state index in [1.807, 2.05) is 93.1 Å². The van der Waals surface area contributed by atoms with Gasteiger partial charge < -0.3 is 109 Å². The van der Waals surface area contributed by atoms with E-state index in [0.717, 1.165) is 91.5 Å². The average Bonchev–Trinajstić information content (AvgIpc) is 1.62. The fourth-order valence-corrected chi connectivity index (χ4v) is 14.2. The van der Waals surface area contributed by atoms with E-state index in [1.54, 1.807) is 82.1 Å². The molecule has 19 rings (SSSR count). The van der Waals surface area contributed by atoms with Gasteiger partial charge >= 0.3 is 0 Å². The zero-order valence-electron chi connectivity index (χ0n) is 67.5. The van der Waals surface area contributed by atoms with E-state index in [9.17, 15) is 23.2 Å². The van der Waals surface area contributed by atoms with Crippen molar-refractivity contribution in [3.8, 4) is 68.3 Å². The second-order valence-corrected chi connectivity index (χ2v) is 30.0. The number of nitrogens with zero attached hydrogens (tertiary/aromatic N) is 7. The van der Waals surface area contributed by atoms with Crippen molar-refractivity contribution >= 4 is 108 Å². The van der Waals surface area contributed by atoms with E-state index in [2.05, 4.69) is 85.6 Å². The number of carbonyl (C=O) groups is 3. The molecule has 2 saturated carbocycles. The third-order valence-corrected chi connectivity index (χ3v) is 21.3. The number of aromatic nitrogens is 10. The highest BCUT2D eigenvalue weighted by Gasteiger charge is 2.47. The number of nitrogens with one attached hydrogen (secondary N) is 11. The molecular formula is C88H88F2N18O14. The van der Waals surface area contributed by atoms with Gasteiger partial charge in [-0.15, -0.1) is 0 Å². The topological polar surface area (TPSA) is 390 Å². The number of fused-ring (bicyclic) bond motifs is 4. The number of methoxy groups -OCH3 is 3. The van der Waals surface area contributed by atoms with Gasteiger partial charge in [-0.05, 0) is 107 Å². The van der Waals surface area contributed by atoms with Crippen LogP contribution in [0.15, 0.2) is 157 Å². The third kappa shape index (κ3) is 17.7. The van der Waals surface area contributed by atoms with Crippen LogP contribution in [0.2, 0.25) is 0 Å². The number of ether oxygens (including phenoxy) is 10. The molecule has 628 valence electrons. The number of rotatable bonds is 28. The SMILES string of the molecule is C=C(NC)c1ccc(-c2c[nH]c3nc(Nc4ccc(C(=O)NC5COC5)cc4OC)nc(OC4CC(F)(F)C4)c23)cc1.C=C(NC)c1ccc(-c2c[nH]c3nc(Nc4ccc(C(=O)NC5COC5)cc4OC)nc(OC4CC4)c23)cc1.COc1cc(C(=O)NC2COC2)ccc1Nc1nc(OC2CCOC2)c2c(-c3ccc4nc(C)oc4c3)c[nH]c2n1. The number of hydrogen-bond acceptors (Lipinski definition) is 26. The molecule has 6 fully saturated rings. The van der Waals surface area contributed by atoms with Crippen LogP contribution in [0.5, 0.6) is 34.9 Å². The lowest BCUT2D eigenvalue weighted by atomic mass is 9.91. The summed E-state index contributed by atoms with van der Waals surface area (Å²) in [6.07, 6.45) is 6.93. The normalized spacial score (nSPS) is 16.1. The molecule has 122 heavy (non-hydrogen) atoms. The average molecular weight is 1660 g/mol. The Hall–Kier alpha value is -14.0. The largest absolute Gasteiger partial charge is 0.495 e. The number of carbonyl (C=O) groups excluding carboxylic acids is 3. The molecule has 3 amide bonds. The van der Waals surface area contributed by atoms with Crippen LogP contribution in [0.1, 0.15) is 80.2 Å². The molecule has 32 nitrogen and oxygen atoms in total. The Morgan fingerprint density at radius 1 is 0.443 bits per heavy atom. The summed E-state index contributed by atoms with van der Waals surface area (Å²) in [6, 6.07) is 37.2. The number of alkyl halides is 2. The molecule has 34 heteroatoms. The van der Waals surface area contributed by atoms with Crippen molar-refractivity contribution in [3.05, 3.63) is 187 Å². The predicted molar refractivity (Wildman–Crippen MR) is 454 cm³/mol. The number of amides is 3. The third-order valence-electron chi connectivity index (χ3n) is 21.3. The Morgan fingerprint density at radius 2 is 0.820 bits per heavy atom. The quantitative estimate of drug-likeness (QED) is 0.0217. The highest BCUT2D eigenvalue weighted by Crippen LogP contribution is 2.45. The first-order chi connectivity index (χ1) is 59.3. The Kier molecular flexibility index (Phi) is 22.9. The van der Waals surface area contributed by atoms with Crippen LogP contribution in [0.25, 0.3) is 89.0 Å². The van der Waals surface area contributed by atoms with Gasteiger partial charge in [-0.1, -0.05) is 67.8 Å². The van der Waals surface area contributed by atoms with Gasteiger partial charge in [0.25, 0.3) is 23.6 Å². The highest BCUT2D eigenvalue weighted by atomic mass is 19.3. The van der Waals surface area contributed by atoms with E-state index in [4.69, 9.17) is 71.7 Å². The summed E-state index contributed by atoms with van der Waals surface area (Å²) in [5.41, 5.74) is 15.3. The number of aryl methyl sites for hydroxylation is 1. The van der Waals surface area contributed by atoms with Crippen molar-refractivity contribution in [2.24, 2.45) is 0 Å². The monoisotopic (exact) mass is 1660 g/mol. The number of anilines is 6. The number of oxazole rings is 1. The first-order valence-corrected chi connectivity index (χ1v) is 39.8. The van der Waals surface area contributed by atoms with Crippen molar-refractivity contribution in [1.29, 1.82) is 0 Å². The molecule has 0 bridgehead atoms. The number of halogens is 2. The molecule has 6 aromatic carbocycles. The van der Waals surface area contributed by atoms with Crippen LogP contribution >= 0.6 is 0 Å². The molecule has 13 aromatic rings. The minimum Gasteiger partial charge on any atom is -0.495 e. The van der Waals surface area contributed by atoms with Crippen molar-refractivity contribution in [2.75, 3.05) is 104 Å². The molecule has 11 heterocycles. The van der Waals surface area contributed by atoms with Gasteiger partial charge in [0, 0.05) is 104 Å². The smallest absolute Gasteiger partial charge is 0.255 e. The van der Waals surface area contributed by atoms with E-state index in [-0.39, 0.29) is 72.7 Å². The maximum absolute atomic E-state index is 13.7. The first kappa shape index (κ1) is 80.5. The summed E-state index contributed by atoms with van der Waals surface area (Å²) < 4.78 is 89.3. The molecular weight excluding hydrogens is 1570 g/mol. The lowest BCUT2D eigenvalue weighted by Crippen LogP contribution is -2.48. The molecule has 1 unspecified atom stereocenters. The Bertz CT molecular complexity index is 6110. The Labute approximate surface area is 697 Å². The fourth-order valence-electron chi connectivity index (χ4n) is 14.2. The first-order valence-electron chi connectivity index (χ1n) is 39.8. The van der Waals surface area contributed by atoms with E-state index < -0.39 is 12.0 Å². The van der Waals surface area contributed by atoms with Crippen molar-refractivity contribution in [3.63, 3.8) is 0 Å². The number of H-pyrrole nitrogens is 3. The van der Waals surface area contributed by atoms with Gasteiger partial charge in [-0.3, -0.25) is 14.4 Å². The summed E-state index contributed by atoms with van der Waals surface area (Å²) in [5.74, 6) is 0.581. The van der Waals surface area contributed by atoms with Gasteiger partial charge in [0.1, 0.15) is 58.0 Å². The Balaban J connectivity index is 0.000000130. The minimum absolute atomic E-state index is 0.00751. The number of hydrogen-bond donors (Lipinski definition) is 11. The maximum atomic E-state index is 13.7. The summed E-state index contributed by atoms with van der Waals surface area (Å²) in [5, 5.41) is 26.6. The van der Waals surface area contributed by atoms with E-state index >= 15 is 0 Å². The van der Waals surface area contributed by atoms with Gasteiger partial charge in [0.05, 0.1) is 126 Å². The summed E-state index contributed by atoms with van der Waals surface area (Å²) >= 11 is 0. The molecule has 4 saturated heterocycles. The lowest BCUT2D eigenvalue weighted by Gasteiger charge is -2.34. The van der Waals surface area contributed by atoms with Crippen molar-refractivity contribution in [1.82, 2.24) is 76.4 Å². The van der Waals surface area contributed by atoms with Gasteiger partial charge in [-0.2, -0.15) is 29.9 Å². The lowest BCUT2D eigenvalue weighted by molar-refractivity contribution is -0.135. The standard InChI is InChI=1S/C30H30F2N6O4.C29H28N6O6.C29H30N6O4/c1-16(33-2)17-4-6-18(7-5-17)22-13-34-26-25(22)28(42-21-11-30(31,32)12-21)38-29(37-26)36-23-9-8-19(10-24(23)40-3)27(39)35-20-14-41-15-20;1-15-31-22-5-3-16(9-24(22)40-15)20-11-30-26-25(20)28(41-19-7-8-38-14-19)35-29(34-26)33-21-6-4-17(10-23(21)37-2)27(36)32-18-12-39-13-18;1-16(30-2)17-4-6-18(7-5-17)22-13-31-26-25(22)28(39-21-9-10-21)35-29(34-26)33-23-11-8-19(12-24(23)37-3)27(36)32-20-14-38-15-20/h4-10,13,20-21,33H,1,11-12,14-15H2,2-3H3,(H,35,39)(H2,34,36,37,38);3-6,9-11,18-19H,7-8,12-14H2,1-2H3,(H,32,36)(H2,30,33,34,35);4-8,11-13,20-21,30H,1,9-10,14-15H2,2-3H3,(H,32,36)(H2,31,33,34,35). The molecule has 4 aliphatic heterocycles. The molecule has 0 radical (unpaired) electrons. The summed E-state index contributed by atoms with van der Waals surface area (Å²) in [4.78, 5) is 80.1. The summed E-state index contributed by atoms with van der Waals surface area (Å²) in [7, 11) is 8.25. The molecule has 2 aliphatic carbocycles. The predicted octanol–water partition coefficient (Wildman–Crippen LogP) is 13.2. The van der Waals surface area contributed by atoms with Crippen LogP contribution in [-0.4, -0.2) is 198 Å². The van der Waals surface area contributed by atoms with Crippen molar-refractivity contribution in [2.45, 2.75) is 81.4 Å². The minimum atomic E-state index is -2.75.